The normalized spacial score (nSPS) is 17.0. The van der Waals surface area contributed by atoms with E-state index in [1.165, 1.54) is 17.7 Å². The van der Waals surface area contributed by atoms with Crippen molar-refractivity contribution in [1.82, 2.24) is 5.32 Å². The summed E-state index contributed by atoms with van der Waals surface area (Å²) in [4.78, 5) is 0. The third-order valence-corrected chi connectivity index (χ3v) is 2.83. The van der Waals surface area contributed by atoms with E-state index in [1.54, 1.807) is 6.07 Å². The lowest BCUT2D eigenvalue weighted by atomic mass is 10.0. The summed E-state index contributed by atoms with van der Waals surface area (Å²) >= 11 is 0. The van der Waals surface area contributed by atoms with Crippen LogP contribution in [0.2, 0.25) is 0 Å². The molecule has 1 heterocycles. The number of hydrogen-bond donors (Lipinski definition) is 1. The highest BCUT2D eigenvalue weighted by molar-refractivity contribution is 5.54. The van der Waals surface area contributed by atoms with Crippen molar-refractivity contribution in [1.29, 1.82) is 0 Å². The van der Waals surface area contributed by atoms with Gasteiger partial charge in [0.2, 0.25) is 0 Å². The fraction of sp³-hybridized carbons (Fsp3) is 0.385. The summed E-state index contributed by atoms with van der Waals surface area (Å²) in [6.45, 7) is 1.82. The van der Waals surface area contributed by atoms with Crippen LogP contribution in [0.3, 0.4) is 0 Å². The number of alkyl halides is 3. The summed E-state index contributed by atoms with van der Waals surface area (Å²) in [5.41, 5.74) is 1.26. The summed E-state index contributed by atoms with van der Waals surface area (Å²) in [6, 6.07) is 5.47. The molecule has 0 amide bonds. The first-order chi connectivity index (χ1) is 8.05. The zero-order chi connectivity index (χ0) is 12.3. The van der Waals surface area contributed by atoms with E-state index < -0.39 is 11.7 Å². The summed E-state index contributed by atoms with van der Waals surface area (Å²) in [6.07, 6.45) is -0.564. The molecule has 1 aromatic rings. The highest BCUT2D eigenvalue weighted by Gasteiger charge is 2.30. The molecule has 4 heteroatoms. The van der Waals surface area contributed by atoms with Crippen LogP contribution in [0.1, 0.15) is 24.0 Å². The van der Waals surface area contributed by atoms with E-state index in [9.17, 15) is 13.2 Å². The quantitative estimate of drug-likeness (QED) is 0.793. The summed E-state index contributed by atoms with van der Waals surface area (Å²) in [5.74, 6) is 0. The van der Waals surface area contributed by atoms with E-state index in [-0.39, 0.29) is 0 Å². The third kappa shape index (κ3) is 3.33. The predicted octanol–water partition coefficient (Wildman–Crippen LogP) is 3.47. The molecule has 2 rings (SSSR count). The second-order valence-corrected chi connectivity index (χ2v) is 4.18. The molecular weight excluding hydrogens is 227 g/mol. The van der Waals surface area contributed by atoms with Crippen molar-refractivity contribution in [2.24, 2.45) is 0 Å². The van der Waals surface area contributed by atoms with E-state index in [1.807, 2.05) is 6.08 Å². The van der Waals surface area contributed by atoms with Crippen molar-refractivity contribution in [3.8, 4) is 0 Å². The largest absolute Gasteiger partial charge is 0.416 e. The zero-order valence-corrected chi connectivity index (χ0v) is 9.35. The zero-order valence-electron chi connectivity index (χ0n) is 9.35. The van der Waals surface area contributed by atoms with Gasteiger partial charge in [0.15, 0.2) is 0 Å². The second-order valence-electron chi connectivity index (χ2n) is 4.18. The lowest BCUT2D eigenvalue weighted by Gasteiger charge is -2.15. The number of halogens is 3. The van der Waals surface area contributed by atoms with Gasteiger partial charge in [-0.3, -0.25) is 0 Å². The third-order valence-electron chi connectivity index (χ3n) is 2.83. The van der Waals surface area contributed by atoms with Gasteiger partial charge >= 0.3 is 6.18 Å². The Morgan fingerprint density at radius 1 is 1.12 bits per heavy atom. The van der Waals surface area contributed by atoms with Crippen molar-refractivity contribution in [2.45, 2.75) is 19.0 Å². The predicted molar refractivity (Wildman–Crippen MR) is 61.5 cm³/mol. The van der Waals surface area contributed by atoms with Crippen molar-refractivity contribution in [3.05, 3.63) is 41.0 Å². The van der Waals surface area contributed by atoms with Gasteiger partial charge in [-0.15, -0.1) is 0 Å². The number of piperidine rings is 1. The lowest BCUT2D eigenvalue weighted by molar-refractivity contribution is -0.137. The minimum atomic E-state index is -4.26. The van der Waals surface area contributed by atoms with Gasteiger partial charge in [0.05, 0.1) is 5.56 Å². The molecule has 0 atom stereocenters. The molecule has 1 saturated heterocycles. The Hall–Kier alpha value is -1.29. The Balaban J connectivity index is 2.21. The van der Waals surface area contributed by atoms with Crippen LogP contribution >= 0.6 is 0 Å². The van der Waals surface area contributed by atoms with E-state index >= 15 is 0 Å². The molecule has 0 radical (unpaired) electrons. The molecule has 1 aliphatic heterocycles. The number of hydrogen-bond acceptors (Lipinski definition) is 1. The molecule has 1 aromatic carbocycles. The van der Waals surface area contributed by atoms with Crippen molar-refractivity contribution in [3.63, 3.8) is 0 Å². The molecular formula is C13H14F3N. The van der Waals surface area contributed by atoms with Gasteiger partial charge in [0.25, 0.3) is 0 Å². The molecule has 0 spiro atoms. The fourth-order valence-corrected chi connectivity index (χ4v) is 1.93. The maximum atomic E-state index is 12.5. The fourth-order valence-electron chi connectivity index (χ4n) is 1.93. The SMILES string of the molecule is FC(F)(F)c1cccc(C=C2CCNCC2)c1. The maximum absolute atomic E-state index is 12.5. The van der Waals surface area contributed by atoms with Gasteiger partial charge in [-0.05, 0) is 43.6 Å². The van der Waals surface area contributed by atoms with Gasteiger partial charge in [0, 0.05) is 0 Å². The Bertz CT molecular complexity index is 413. The standard InChI is InChI=1S/C13H14F3N/c14-13(15,16)12-3-1-2-11(9-12)8-10-4-6-17-7-5-10/h1-3,8-9,17H,4-7H2. The molecule has 92 valence electrons. The Morgan fingerprint density at radius 3 is 2.47 bits per heavy atom. The first-order valence-electron chi connectivity index (χ1n) is 5.63. The van der Waals surface area contributed by atoms with Crippen LogP contribution in [-0.4, -0.2) is 13.1 Å². The van der Waals surface area contributed by atoms with Crippen LogP contribution in [0, 0.1) is 0 Å². The second kappa shape index (κ2) is 4.92. The van der Waals surface area contributed by atoms with Gasteiger partial charge < -0.3 is 5.32 Å². The minimum Gasteiger partial charge on any atom is -0.316 e. The van der Waals surface area contributed by atoms with Crippen LogP contribution in [0.15, 0.2) is 29.8 Å². The molecule has 0 saturated carbocycles. The monoisotopic (exact) mass is 241 g/mol. The van der Waals surface area contributed by atoms with Gasteiger partial charge in [0.1, 0.15) is 0 Å². The van der Waals surface area contributed by atoms with Gasteiger partial charge in [-0.25, -0.2) is 0 Å². The highest BCUT2D eigenvalue weighted by Crippen LogP contribution is 2.30. The van der Waals surface area contributed by atoms with E-state index in [4.69, 9.17) is 0 Å². The molecule has 0 aliphatic carbocycles. The molecule has 1 nitrogen and oxygen atoms in total. The first-order valence-corrected chi connectivity index (χ1v) is 5.63. The van der Waals surface area contributed by atoms with Crippen LogP contribution in [0.25, 0.3) is 6.08 Å². The molecule has 0 unspecified atom stereocenters. The molecule has 1 N–H and O–H groups in total. The number of benzene rings is 1. The van der Waals surface area contributed by atoms with Crippen LogP contribution in [-0.2, 0) is 6.18 Å². The molecule has 1 fully saturated rings. The summed E-state index contributed by atoms with van der Waals surface area (Å²) < 4.78 is 37.5. The minimum absolute atomic E-state index is 0.583. The smallest absolute Gasteiger partial charge is 0.316 e. The average Bonchev–Trinajstić information content (AvgIpc) is 2.29. The molecule has 1 aliphatic rings. The highest BCUT2D eigenvalue weighted by atomic mass is 19.4. The Kier molecular flexibility index (Phi) is 3.52. The van der Waals surface area contributed by atoms with E-state index in [2.05, 4.69) is 5.32 Å². The van der Waals surface area contributed by atoms with Crippen molar-refractivity contribution in [2.75, 3.05) is 13.1 Å². The van der Waals surface area contributed by atoms with E-state index in [0.717, 1.165) is 32.0 Å². The molecule has 0 aromatic heterocycles. The molecule has 0 bridgehead atoms. The van der Waals surface area contributed by atoms with Crippen LogP contribution < -0.4 is 5.32 Å². The van der Waals surface area contributed by atoms with E-state index in [0.29, 0.717) is 5.56 Å². The Labute approximate surface area is 98.3 Å². The van der Waals surface area contributed by atoms with Crippen molar-refractivity contribution < 1.29 is 13.2 Å². The number of nitrogens with one attached hydrogen (secondary N) is 1. The van der Waals surface area contributed by atoms with Crippen LogP contribution in [0.4, 0.5) is 13.2 Å². The van der Waals surface area contributed by atoms with Crippen molar-refractivity contribution >= 4 is 6.08 Å². The van der Waals surface area contributed by atoms with Crippen LogP contribution in [0.5, 0.6) is 0 Å². The topological polar surface area (TPSA) is 12.0 Å². The maximum Gasteiger partial charge on any atom is 0.416 e. The van der Waals surface area contributed by atoms with Gasteiger partial charge in [-0.1, -0.05) is 23.8 Å². The summed E-state index contributed by atoms with van der Waals surface area (Å²) in [7, 11) is 0. The first kappa shape index (κ1) is 12.2. The molecule has 17 heavy (non-hydrogen) atoms. The lowest BCUT2D eigenvalue weighted by Crippen LogP contribution is -2.22. The summed E-state index contributed by atoms with van der Waals surface area (Å²) in [5, 5.41) is 3.22. The average molecular weight is 241 g/mol. The Morgan fingerprint density at radius 2 is 1.82 bits per heavy atom. The number of rotatable bonds is 1. The van der Waals surface area contributed by atoms with Gasteiger partial charge in [-0.2, -0.15) is 13.2 Å².